The van der Waals surface area contributed by atoms with Gasteiger partial charge in [-0.15, -0.1) is 24.2 Å². The van der Waals surface area contributed by atoms with E-state index in [2.05, 4.69) is 12.1 Å². The molecule has 0 bridgehead atoms. The summed E-state index contributed by atoms with van der Waals surface area (Å²) in [5, 5.41) is 0.693. The van der Waals surface area contributed by atoms with Crippen molar-refractivity contribution in [1.82, 2.24) is 4.90 Å². The average molecular weight is 397 g/mol. The summed E-state index contributed by atoms with van der Waals surface area (Å²) in [5.74, 6) is 1.20. The van der Waals surface area contributed by atoms with E-state index in [9.17, 15) is 4.79 Å². The van der Waals surface area contributed by atoms with Crippen LogP contribution in [0.4, 0.5) is 0 Å². The molecule has 1 aliphatic heterocycles. The van der Waals surface area contributed by atoms with Gasteiger partial charge in [0.2, 0.25) is 5.91 Å². The summed E-state index contributed by atoms with van der Waals surface area (Å²) < 4.78 is 0. The van der Waals surface area contributed by atoms with Crippen LogP contribution in [0.15, 0.2) is 59.5 Å². The molecule has 2 aromatic carbocycles. The Kier molecular flexibility index (Phi) is 7.63. The summed E-state index contributed by atoms with van der Waals surface area (Å²) in [7, 11) is 0. The SMILES string of the molecule is Cl.NC[C@@H]1CN(C(=O)CSc2ccccc2Cl)C[C@H]1c1ccccc1. The molecule has 25 heavy (non-hydrogen) atoms. The summed E-state index contributed by atoms with van der Waals surface area (Å²) >= 11 is 7.65. The highest BCUT2D eigenvalue weighted by atomic mass is 35.5. The van der Waals surface area contributed by atoms with E-state index in [4.69, 9.17) is 17.3 Å². The highest BCUT2D eigenvalue weighted by molar-refractivity contribution is 8.00. The van der Waals surface area contributed by atoms with Crippen LogP contribution in [0.25, 0.3) is 0 Å². The lowest BCUT2D eigenvalue weighted by molar-refractivity contribution is -0.127. The lowest BCUT2D eigenvalue weighted by atomic mass is 9.89. The predicted molar refractivity (Wildman–Crippen MR) is 108 cm³/mol. The van der Waals surface area contributed by atoms with Crippen molar-refractivity contribution in [2.24, 2.45) is 11.7 Å². The van der Waals surface area contributed by atoms with Gasteiger partial charge in [0.1, 0.15) is 0 Å². The Morgan fingerprint density at radius 3 is 2.48 bits per heavy atom. The third kappa shape index (κ3) is 4.91. The van der Waals surface area contributed by atoms with Crippen molar-refractivity contribution in [3.63, 3.8) is 0 Å². The number of hydrogen-bond acceptors (Lipinski definition) is 3. The largest absolute Gasteiger partial charge is 0.341 e. The van der Waals surface area contributed by atoms with Gasteiger partial charge in [0.05, 0.1) is 10.8 Å². The van der Waals surface area contributed by atoms with Gasteiger partial charge >= 0.3 is 0 Å². The summed E-state index contributed by atoms with van der Waals surface area (Å²) in [6.45, 7) is 2.08. The normalized spacial score (nSPS) is 19.5. The summed E-state index contributed by atoms with van der Waals surface area (Å²) in [4.78, 5) is 15.5. The van der Waals surface area contributed by atoms with Crippen LogP contribution in [0.1, 0.15) is 11.5 Å². The Labute approximate surface area is 164 Å². The van der Waals surface area contributed by atoms with E-state index in [0.717, 1.165) is 18.0 Å². The first-order valence-corrected chi connectivity index (χ1v) is 9.45. The zero-order chi connectivity index (χ0) is 16.9. The van der Waals surface area contributed by atoms with Gasteiger partial charge in [0.25, 0.3) is 0 Å². The highest BCUT2D eigenvalue weighted by Gasteiger charge is 2.35. The van der Waals surface area contributed by atoms with Crippen molar-refractivity contribution in [2.75, 3.05) is 25.4 Å². The quantitative estimate of drug-likeness (QED) is 0.775. The van der Waals surface area contributed by atoms with Crippen molar-refractivity contribution in [2.45, 2.75) is 10.8 Å². The minimum absolute atomic E-state index is 0. The maximum absolute atomic E-state index is 12.6. The molecule has 1 aliphatic rings. The van der Waals surface area contributed by atoms with Gasteiger partial charge < -0.3 is 10.6 Å². The Morgan fingerprint density at radius 1 is 1.12 bits per heavy atom. The molecule has 0 spiro atoms. The summed E-state index contributed by atoms with van der Waals surface area (Å²) in [6.07, 6.45) is 0. The van der Waals surface area contributed by atoms with Gasteiger partial charge in [-0.05, 0) is 30.2 Å². The number of nitrogens with zero attached hydrogens (tertiary/aromatic N) is 1. The second-order valence-electron chi connectivity index (χ2n) is 6.03. The van der Waals surface area contributed by atoms with Crippen LogP contribution in [-0.4, -0.2) is 36.2 Å². The molecule has 6 heteroatoms. The Morgan fingerprint density at radius 2 is 1.80 bits per heavy atom. The maximum atomic E-state index is 12.6. The molecular formula is C19H22Cl2N2OS. The summed E-state index contributed by atoms with van der Waals surface area (Å²) in [5.41, 5.74) is 7.21. The molecular weight excluding hydrogens is 375 g/mol. The molecule has 2 aromatic rings. The number of nitrogens with two attached hydrogens (primary N) is 1. The first-order chi connectivity index (χ1) is 11.7. The summed E-state index contributed by atoms with van der Waals surface area (Å²) in [6, 6.07) is 18.0. The van der Waals surface area contributed by atoms with E-state index in [1.807, 2.05) is 47.4 Å². The predicted octanol–water partition coefficient (Wildman–Crippen LogP) is 4.05. The fourth-order valence-electron chi connectivity index (χ4n) is 3.18. The van der Waals surface area contributed by atoms with Crippen molar-refractivity contribution >= 4 is 41.7 Å². The number of rotatable bonds is 5. The minimum atomic E-state index is 0. The lowest BCUT2D eigenvalue weighted by Crippen LogP contribution is -2.31. The second-order valence-corrected chi connectivity index (χ2v) is 7.46. The van der Waals surface area contributed by atoms with Gasteiger partial charge in [0.15, 0.2) is 0 Å². The molecule has 0 aliphatic carbocycles. The molecule has 0 saturated carbocycles. The van der Waals surface area contributed by atoms with Gasteiger partial charge in [-0.1, -0.05) is 54.1 Å². The van der Waals surface area contributed by atoms with Crippen molar-refractivity contribution in [3.8, 4) is 0 Å². The van der Waals surface area contributed by atoms with Crippen LogP contribution < -0.4 is 5.73 Å². The maximum Gasteiger partial charge on any atom is 0.232 e. The molecule has 2 atom stereocenters. The molecule has 3 nitrogen and oxygen atoms in total. The standard InChI is InChI=1S/C19H21ClN2OS.ClH/c20-17-8-4-5-9-18(17)24-13-19(23)22-11-15(10-21)16(12-22)14-6-2-1-3-7-14;/h1-9,15-16H,10-13,21H2;1H/t15-,16+;/m1./s1. The van der Waals surface area contributed by atoms with Crippen LogP contribution in [0.3, 0.4) is 0 Å². The fourth-order valence-corrected chi connectivity index (χ4v) is 4.33. The molecule has 2 N–H and O–H groups in total. The number of thioether (sulfide) groups is 1. The van der Waals surface area contributed by atoms with Crippen LogP contribution in [0, 0.1) is 5.92 Å². The molecule has 134 valence electrons. The third-order valence-electron chi connectivity index (χ3n) is 4.51. The van der Waals surface area contributed by atoms with Crippen LogP contribution in [0.5, 0.6) is 0 Å². The topological polar surface area (TPSA) is 46.3 Å². The highest BCUT2D eigenvalue weighted by Crippen LogP contribution is 2.33. The van der Waals surface area contributed by atoms with Gasteiger partial charge in [0, 0.05) is 23.9 Å². The fraction of sp³-hybridized carbons (Fsp3) is 0.316. The number of carbonyl (C=O) groups excluding carboxylic acids is 1. The van der Waals surface area contributed by atoms with E-state index in [-0.39, 0.29) is 18.3 Å². The van der Waals surface area contributed by atoms with E-state index in [1.54, 1.807) is 0 Å². The molecule has 3 rings (SSSR count). The Balaban J connectivity index is 0.00000225. The Bertz CT molecular complexity index is 699. The zero-order valence-electron chi connectivity index (χ0n) is 13.8. The van der Waals surface area contributed by atoms with Crippen LogP contribution in [-0.2, 0) is 4.79 Å². The number of hydrogen-bond donors (Lipinski definition) is 1. The second kappa shape index (κ2) is 9.48. The van der Waals surface area contributed by atoms with E-state index >= 15 is 0 Å². The van der Waals surface area contributed by atoms with Gasteiger partial charge in [-0.3, -0.25) is 4.79 Å². The van der Waals surface area contributed by atoms with E-state index in [1.165, 1.54) is 17.3 Å². The molecule has 1 saturated heterocycles. The molecule has 0 radical (unpaired) electrons. The van der Waals surface area contributed by atoms with Crippen molar-refractivity contribution < 1.29 is 4.79 Å². The molecule has 1 fully saturated rings. The van der Waals surface area contributed by atoms with Crippen molar-refractivity contribution in [3.05, 3.63) is 65.2 Å². The first-order valence-electron chi connectivity index (χ1n) is 8.09. The third-order valence-corrected chi connectivity index (χ3v) is 6.01. The van der Waals surface area contributed by atoms with E-state index in [0.29, 0.717) is 29.2 Å². The molecule has 1 amide bonds. The van der Waals surface area contributed by atoms with Gasteiger partial charge in [-0.25, -0.2) is 0 Å². The number of halogens is 2. The molecule has 0 aromatic heterocycles. The van der Waals surface area contributed by atoms with Crippen LogP contribution >= 0.6 is 35.8 Å². The number of benzene rings is 2. The monoisotopic (exact) mass is 396 g/mol. The Hall–Kier alpha value is -1.20. The van der Waals surface area contributed by atoms with Gasteiger partial charge in [-0.2, -0.15) is 0 Å². The van der Waals surface area contributed by atoms with Crippen molar-refractivity contribution in [1.29, 1.82) is 0 Å². The zero-order valence-corrected chi connectivity index (χ0v) is 16.2. The molecule has 0 unspecified atom stereocenters. The molecule has 1 heterocycles. The smallest absolute Gasteiger partial charge is 0.232 e. The number of amides is 1. The average Bonchev–Trinajstić information content (AvgIpc) is 3.06. The number of likely N-dealkylation sites (tertiary alicyclic amines) is 1. The first kappa shape index (κ1) is 20.1. The minimum Gasteiger partial charge on any atom is -0.341 e. The van der Waals surface area contributed by atoms with Crippen LogP contribution in [0.2, 0.25) is 5.02 Å². The number of carbonyl (C=O) groups is 1. The van der Waals surface area contributed by atoms with E-state index < -0.39 is 0 Å². The lowest BCUT2D eigenvalue weighted by Gasteiger charge is -2.17.